The van der Waals surface area contributed by atoms with E-state index in [1.807, 2.05) is 98.1 Å². The van der Waals surface area contributed by atoms with Gasteiger partial charge in [-0.25, -0.2) is 9.97 Å². The maximum Gasteiger partial charge on any atom is 0.248 e. The Balaban J connectivity index is 1.27. The molecule has 0 aliphatic carbocycles. The quantitative estimate of drug-likeness (QED) is 0.112. The first-order chi connectivity index (χ1) is 20.1. The van der Waals surface area contributed by atoms with Crippen molar-refractivity contribution in [3.63, 3.8) is 0 Å². The molecule has 0 saturated carbocycles. The first kappa shape index (κ1) is 29.3. The molecule has 4 aromatic rings. The molecule has 9 heteroatoms. The molecular formula is C32H36N6O3. The molecule has 1 amide bonds. The predicted molar refractivity (Wildman–Crippen MR) is 164 cm³/mol. The van der Waals surface area contributed by atoms with E-state index in [9.17, 15) is 4.79 Å². The average molecular weight is 553 g/mol. The molecule has 0 bridgehead atoms. The van der Waals surface area contributed by atoms with Crippen molar-refractivity contribution in [2.24, 2.45) is 0 Å². The largest absolute Gasteiger partial charge is 0.457 e. The van der Waals surface area contributed by atoms with Crippen LogP contribution in [0.1, 0.15) is 13.3 Å². The normalized spacial score (nSPS) is 11.0. The summed E-state index contributed by atoms with van der Waals surface area (Å²) in [6, 6.07) is 26.6. The van der Waals surface area contributed by atoms with Crippen LogP contribution in [0.4, 0.5) is 28.7 Å². The summed E-state index contributed by atoms with van der Waals surface area (Å²) in [6.45, 7) is 5.03. The van der Waals surface area contributed by atoms with E-state index in [1.54, 1.807) is 6.08 Å². The summed E-state index contributed by atoms with van der Waals surface area (Å²) in [4.78, 5) is 23.1. The van der Waals surface area contributed by atoms with Crippen LogP contribution in [0.25, 0.3) is 0 Å². The number of carbonyl (C=O) groups is 1. The highest BCUT2D eigenvalue weighted by molar-refractivity contribution is 5.99. The highest BCUT2D eigenvalue weighted by Crippen LogP contribution is 2.25. The fourth-order valence-corrected chi connectivity index (χ4v) is 3.78. The van der Waals surface area contributed by atoms with E-state index in [-0.39, 0.29) is 5.91 Å². The maximum atomic E-state index is 12.4. The van der Waals surface area contributed by atoms with Gasteiger partial charge in [-0.15, -0.1) is 0 Å². The lowest BCUT2D eigenvalue weighted by Crippen LogP contribution is -2.23. The molecular weight excluding hydrogens is 516 g/mol. The van der Waals surface area contributed by atoms with Crippen LogP contribution < -0.4 is 20.7 Å². The van der Waals surface area contributed by atoms with Crippen molar-refractivity contribution >= 4 is 34.6 Å². The average Bonchev–Trinajstić information content (AvgIpc) is 2.97. The number of nitrogens with one attached hydrogen (secondary N) is 3. The molecule has 0 unspecified atom stereocenters. The molecule has 0 atom stereocenters. The van der Waals surface area contributed by atoms with Crippen molar-refractivity contribution in [1.82, 2.24) is 14.9 Å². The molecule has 0 aliphatic rings. The highest BCUT2D eigenvalue weighted by atomic mass is 16.5. The number of rotatable bonds is 15. The number of likely N-dealkylation sites (N-methyl/N-ethyl adjacent to an activating group) is 1. The van der Waals surface area contributed by atoms with Crippen LogP contribution in [-0.2, 0) is 9.53 Å². The van der Waals surface area contributed by atoms with Gasteiger partial charge in [0.1, 0.15) is 29.5 Å². The minimum absolute atomic E-state index is 0.188. The van der Waals surface area contributed by atoms with Crippen molar-refractivity contribution in [2.75, 3.05) is 49.3 Å². The summed E-state index contributed by atoms with van der Waals surface area (Å²) < 4.78 is 11.4. The number of nitrogens with zero attached hydrogens (tertiary/aromatic N) is 3. The lowest BCUT2D eigenvalue weighted by molar-refractivity contribution is -0.111. The van der Waals surface area contributed by atoms with E-state index in [4.69, 9.17) is 9.47 Å². The molecule has 0 fully saturated rings. The lowest BCUT2D eigenvalue weighted by Gasteiger charge is -2.14. The van der Waals surface area contributed by atoms with Gasteiger partial charge in [0.05, 0.1) is 6.61 Å². The van der Waals surface area contributed by atoms with Crippen molar-refractivity contribution in [3.05, 3.63) is 103 Å². The highest BCUT2D eigenvalue weighted by Gasteiger charge is 2.04. The lowest BCUT2D eigenvalue weighted by atomic mass is 10.2. The van der Waals surface area contributed by atoms with Gasteiger partial charge >= 0.3 is 0 Å². The SMILES string of the molecule is CCCOCCN(C)CC=CC(=O)Nc1cccc(Nc2cc(Nc3ccc(Oc4ccccc4)cc3)ncn2)c1. The molecule has 4 rings (SSSR count). The van der Waals surface area contributed by atoms with Gasteiger partial charge in [0.15, 0.2) is 0 Å². The summed E-state index contributed by atoms with van der Waals surface area (Å²) in [5, 5.41) is 9.45. The zero-order valence-corrected chi connectivity index (χ0v) is 23.4. The number of hydrogen-bond donors (Lipinski definition) is 3. The maximum absolute atomic E-state index is 12.4. The van der Waals surface area contributed by atoms with E-state index >= 15 is 0 Å². The monoisotopic (exact) mass is 552 g/mol. The van der Waals surface area contributed by atoms with E-state index < -0.39 is 0 Å². The standard InChI is InChI=1S/C32H36N6O3/c1-3-20-40-21-19-38(2)18-8-13-32(39)37-27-10-7-9-26(22-27)36-31-23-30(33-24-34-31)35-25-14-16-29(17-15-25)41-28-11-5-4-6-12-28/h4-17,22-24H,3,18-21H2,1-2H3,(H,37,39)(H2,33,34,35,36). The van der Waals surface area contributed by atoms with Crippen LogP contribution in [0.2, 0.25) is 0 Å². The van der Waals surface area contributed by atoms with Gasteiger partial charge in [0.2, 0.25) is 5.91 Å². The van der Waals surface area contributed by atoms with Crippen LogP contribution in [0.5, 0.6) is 11.5 Å². The third-order valence-electron chi connectivity index (χ3n) is 5.83. The Hall–Kier alpha value is -4.73. The van der Waals surface area contributed by atoms with Gasteiger partial charge in [0.25, 0.3) is 0 Å². The molecule has 212 valence electrons. The third kappa shape index (κ3) is 10.4. The van der Waals surface area contributed by atoms with Crippen LogP contribution in [0, 0.1) is 0 Å². The minimum atomic E-state index is -0.188. The van der Waals surface area contributed by atoms with Gasteiger partial charge in [-0.05, 0) is 68.1 Å². The zero-order valence-electron chi connectivity index (χ0n) is 23.4. The fourth-order valence-electron chi connectivity index (χ4n) is 3.78. The Morgan fingerprint density at radius 1 is 0.829 bits per heavy atom. The number of hydrogen-bond acceptors (Lipinski definition) is 8. The van der Waals surface area contributed by atoms with Crippen LogP contribution in [-0.4, -0.2) is 54.1 Å². The molecule has 0 spiro atoms. The summed E-state index contributed by atoms with van der Waals surface area (Å²) >= 11 is 0. The molecule has 1 heterocycles. The molecule has 41 heavy (non-hydrogen) atoms. The van der Waals surface area contributed by atoms with Crippen LogP contribution >= 0.6 is 0 Å². The number of ether oxygens (including phenoxy) is 2. The number of benzene rings is 3. The number of carbonyl (C=O) groups excluding carboxylic acids is 1. The molecule has 3 aromatic carbocycles. The van der Waals surface area contributed by atoms with E-state index in [2.05, 4.69) is 37.7 Å². The zero-order chi connectivity index (χ0) is 28.7. The minimum Gasteiger partial charge on any atom is -0.457 e. The van der Waals surface area contributed by atoms with Crippen LogP contribution in [0.3, 0.4) is 0 Å². The van der Waals surface area contributed by atoms with Crippen LogP contribution in [0.15, 0.2) is 103 Å². The molecule has 3 N–H and O–H groups in total. The Morgan fingerprint density at radius 2 is 1.54 bits per heavy atom. The second kappa shape index (κ2) is 15.8. The van der Waals surface area contributed by atoms with E-state index in [0.717, 1.165) is 42.4 Å². The summed E-state index contributed by atoms with van der Waals surface area (Å²) in [5.74, 6) is 2.59. The molecule has 0 saturated heterocycles. The predicted octanol–water partition coefficient (Wildman–Crippen LogP) is 6.61. The number of aromatic nitrogens is 2. The topological polar surface area (TPSA) is 101 Å². The Labute approximate surface area is 241 Å². The third-order valence-corrected chi connectivity index (χ3v) is 5.83. The van der Waals surface area contributed by atoms with Gasteiger partial charge < -0.3 is 30.3 Å². The second-order valence-electron chi connectivity index (χ2n) is 9.33. The first-order valence-electron chi connectivity index (χ1n) is 13.6. The van der Waals surface area contributed by atoms with Crippen molar-refractivity contribution in [3.8, 4) is 11.5 Å². The number of amides is 1. The first-order valence-corrected chi connectivity index (χ1v) is 13.6. The van der Waals surface area contributed by atoms with Crippen molar-refractivity contribution in [2.45, 2.75) is 13.3 Å². The van der Waals surface area contributed by atoms with E-state index in [0.29, 0.717) is 30.5 Å². The number of anilines is 5. The molecule has 9 nitrogen and oxygen atoms in total. The summed E-state index contributed by atoms with van der Waals surface area (Å²) in [7, 11) is 2.00. The number of para-hydroxylation sites is 1. The van der Waals surface area contributed by atoms with Gasteiger partial charge in [0, 0.05) is 48.9 Å². The summed E-state index contributed by atoms with van der Waals surface area (Å²) in [5.41, 5.74) is 2.32. The molecule has 0 radical (unpaired) electrons. The van der Waals surface area contributed by atoms with Crippen molar-refractivity contribution in [1.29, 1.82) is 0 Å². The Bertz CT molecular complexity index is 1400. The van der Waals surface area contributed by atoms with Gasteiger partial charge in [-0.1, -0.05) is 37.3 Å². The molecule has 1 aromatic heterocycles. The van der Waals surface area contributed by atoms with Gasteiger partial charge in [-0.2, -0.15) is 0 Å². The second-order valence-corrected chi connectivity index (χ2v) is 9.33. The van der Waals surface area contributed by atoms with E-state index in [1.165, 1.54) is 6.33 Å². The van der Waals surface area contributed by atoms with Crippen molar-refractivity contribution < 1.29 is 14.3 Å². The molecule has 0 aliphatic heterocycles. The Kier molecular flexibility index (Phi) is 11.2. The Morgan fingerprint density at radius 3 is 2.29 bits per heavy atom. The smallest absolute Gasteiger partial charge is 0.248 e. The fraction of sp³-hybridized carbons (Fsp3) is 0.219. The summed E-state index contributed by atoms with van der Waals surface area (Å²) in [6.07, 6.45) is 5.89. The van der Waals surface area contributed by atoms with Gasteiger partial charge in [-0.3, -0.25) is 4.79 Å².